The Morgan fingerprint density at radius 3 is 2.37 bits per heavy atom. The minimum atomic E-state index is -0.599. The average Bonchev–Trinajstić information content (AvgIpc) is 2.23. The van der Waals surface area contributed by atoms with E-state index in [9.17, 15) is 4.79 Å². The lowest BCUT2D eigenvalue weighted by molar-refractivity contribution is -0.146. The van der Waals surface area contributed by atoms with E-state index in [1.165, 1.54) is 0 Å². The van der Waals surface area contributed by atoms with Gasteiger partial charge in [0.25, 0.3) is 0 Å². The molecular weight excluding hydrogens is 311 g/mol. The Kier molecular flexibility index (Phi) is 8.34. The molecule has 1 heterocycles. The number of rotatable bonds is 5. The monoisotopic (exact) mass is 326 g/mol. The van der Waals surface area contributed by atoms with Gasteiger partial charge in [0.2, 0.25) is 0 Å². The second-order valence-corrected chi connectivity index (χ2v) is 5.24. The van der Waals surface area contributed by atoms with Crippen LogP contribution in [0, 0.1) is 5.92 Å². The Morgan fingerprint density at radius 1 is 1.37 bits per heavy atom. The highest BCUT2D eigenvalue weighted by molar-refractivity contribution is 6.32. The van der Waals surface area contributed by atoms with E-state index in [2.05, 4.69) is 4.98 Å². The van der Waals surface area contributed by atoms with E-state index in [0.717, 1.165) is 0 Å². The molecule has 0 aromatic carbocycles. The van der Waals surface area contributed by atoms with Crippen molar-refractivity contribution in [2.24, 2.45) is 11.7 Å². The summed E-state index contributed by atoms with van der Waals surface area (Å²) >= 11 is 11.5. The zero-order valence-corrected chi connectivity index (χ0v) is 13.1. The molecule has 1 atom stereocenters. The predicted octanol–water partition coefficient (Wildman–Crippen LogP) is 3.23. The second-order valence-electron chi connectivity index (χ2n) is 4.46. The molecule has 7 heteroatoms. The lowest BCUT2D eigenvalue weighted by Crippen LogP contribution is -2.33. The maximum absolute atomic E-state index is 11.6. The highest BCUT2D eigenvalue weighted by Gasteiger charge is 2.16. The molecule has 1 rings (SSSR count). The fourth-order valence-corrected chi connectivity index (χ4v) is 1.97. The fourth-order valence-electron chi connectivity index (χ4n) is 1.46. The molecule has 2 N–H and O–H groups in total. The number of pyridine rings is 1. The van der Waals surface area contributed by atoms with Crippen molar-refractivity contribution in [2.45, 2.75) is 32.9 Å². The van der Waals surface area contributed by atoms with Crippen LogP contribution in [-0.4, -0.2) is 17.0 Å². The van der Waals surface area contributed by atoms with Crippen LogP contribution >= 0.6 is 35.6 Å². The molecule has 0 amide bonds. The molecule has 0 saturated heterocycles. The van der Waals surface area contributed by atoms with Gasteiger partial charge < -0.3 is 10.5 Å². The van der Waals surface area contributed by atoms with Crippen LogP contribution in [-0.2, 0) is 16.1 Å². The quantitative estimate of drug-likeness (QED) is 0.666. The van der Waals surface area contributed by atoms with Gasteiger partial charge >= 0.3 is 5.97 Å². The topological polar surface area (TPSA) is 65.2 Å². The van der Waals surface area contributed by atoms with Gasteiger partial charge in [0, 0.05) is 0 Å². The lowest BCUT2D eigenvalue weighted by Gasteiger charge is -2.13. The molecular formula is C12H17Cl3N2O2. The summed E-state index contributed by atoms with van der Waals surface area (Å²) in [7, 11) is 0. The first-order valence-electron chi connectivity index (χ1n) is 5.62. The van der Waals surface area contributed by atoms with Crippen LogP contribution in [0.15, 0.2) is 12.1 Å². The number of carbonyl (C=O) groups excluding carboxylic acids is 1. The van der Waals surface area contributed by atoms with Crippen molar-refractivity contribution >= 4 is 41.6 Å². The summed E-state index contributed by atoms with van der Waals surface area (Å²) in [6.45, 7) is 4.08. The Labute approximate surface area is 129 Å². The number of esters is 1. The summed E-state index contributed by atoms with van der Waals surface area (Å²) in [5.41, 5.74) is 6.39. The molecule has 0 saturated carbocycles. The first-order valence-corrected chi connectivity index (χ1v) is 6.38. The summed E-state index contributed by atoms with van der Waals surface area (Å²) in [5.74, 6) is -0.0786. The van der Waals surface area contributed by atoms with E-state index in [-0.39, 0.29) is 29.3 Å². The van der Waals surface area contributed by atoms with E-state index in [0.29, 0.717) is 17.9 Å². The van der Waals surface area contributed by atoms with Gasteiger partial charge in [0.05, 0.1) is 0 Å². The molecule has 0 bridgehead atoms. The number of halogens is 3. The molecule has 4 nitrogen and oxygen atoms in total. The lowest BCUT2D eigenvalue weighted by atomic mass is 10.1. The van der Waals surface area contributed by atoms with Crippen molar-refractivity contribution in [3.05, 3.63) is 28.0 Å². The molecule has 0 aliphatic heterocycles. The summed E-state index contributed by atoms with van der Waals surface area (Å²) in [6.07, 6.45) is 0.594. The van der Waals surface area contributed by atoms with Gasteiger partial charge in [-0.2, -0.15) is 0 Å². The van der Waals surface area contributed by atoms with Crippen LogP contribution in [0.5, 0.6) is 0 Å². The summed E-state index contributed by atoms with van der Waals surface area (Å²) in [5, 5.41) is 0.528. The zero-order valence-electron chi connectivity index (χ0n) is 10.7. The van der Waals surface area contributed by atoms with E-state index in [4.69, 9.17) is 33.7 Å². The highest BCUT2D eigenvalue weighted by Crippen LogP contribution is 2.15. The predicted molar refractivity (Wildman–Crippen MR) is 78.7 cm³/mol. The molecule has 19 heavy (non-hydrogen) atoms. The van der Waals surface area contributed by atoms with E-state index >= 15 is 0 Å². The average molecular weight is 328 g/mol. The molecule has 0 radical (unpaired) electrons. The third-order valence-electron chi connectivity index (χ3n) is 2.23. The van der Waals surface area contributed by atoms with Gasteiger partial charge in [0.1, 0.15) is 23.0 Å². The molecule has 0 aliphatic rings. The van der Waals surface area contributed by atoms with E-state index in [1.807, 2.05) is 13.8 Å². The number of hydrogen-bond acceptors (Lipinski definition) is 4. The number of nitrogens with two attached hydrogens (primary N) is 1. The third kappa shape index (κ3) is 6.97. The van der Waals surface area contributed by atoms with Gasteiger partial charge in [-0.15, -0.1) is 12.4 Å². The van der Waals surface area contributed by atoms with Crippen molar-refractivity contribution < 1.29 is 9.53 Å². The number of nitrogens with zero attached hydrogens (tertiary/aromatic N) is 1. The Hall–Kier alpha value is -0.550. The van der Waals surface area contributed by atoms with E-state index in [1.54, 1.807) is 12.1 Å². The summed E-state index contributed by atoms with van der Waals surface area (Å²) in [4.78, 5) is 15.4. The number of hydrogen-bond donors (Lipinski definition) is 1. The van der Waals surface area contributed by atoms with Crippen LogP contribution in [0.1, 0.15) is 25.8 Å². The molecule has 1 aromatic heterocycles. The Bertz CT molecular complexity index is 407. The summed E-state index contributed by atoms with van der Waals surface area (Å²) < 4.78 is 5.09. The standard InChI is InChI=1S/C12H16Cl2N2O2.ClH/c1-7(2)3-9(15)12(17)18-6-8-4-10(13)16-11(14)5-8;/h4-5,7,9H,3,6,15H2,1-2H3;1H/t9-;/m0./s1. The van der Waals surface area contributed by atoms with Gasteiger partial charge in [-0.05, 0) is 30.0 Å². The van der Waals surface area contributed by atoms with E-state index < -0.39 is 12.0 Å². The summed E-state index contributed by atoms with van der Waals surface area (Å²) in [6, 6.07) is 2.58. The fraction of sp³-hybridized carbons (Fsp3) is 0.500. The van der Waals surface area contributed by atoms with Crippen LogP contribution in [0.2, 0.25) is 10.3 Å². The second kappa shape index (κ2) is 8.59. The Morgan fingerprint density at radius 2 is 1.89 bits per heavy atom. The molecule has 0 spiro atoms. The van der Waals surface area contributed by atoms with Crippen molar-refractivity contribution in [3.8, 4) is 0 Å². The zero-order chi connectivity index (χ0) is 13.7. The molecule has 1 aromatic rings. The smallest absolute Gasteiger partial charge is 0.323 e. The third-order valence-corrected chi connectivity index (χ3v) is 2.62. The van der Waals surface area contributed by atoms with Gasteiger partial charge in [0.15, 0.2) is 0 Å². The largest absolute Gasteiger partial charge is 0.460 e. The minimum Gasteiger partial charge on any atom is -0.460 e. The van der Waals surface area contributed by atoms with Crippen LogP contribution < -0.4 is 5.73 Å². The normalized spacial score (nSPS) is 11.9. The van der Waals surface area contributed by atoms with Crippen molar-refractivity contribution in [1.29, 1.82) is 0 Å². The maximum Gasteiger partial charge on any atom is 0.323 e. The highest BCUT2D eigenvalue weighted by atomic mass is 35.5. The molecule has 0 aliphatic carbocycles. The number of carbonyl (C=O) groups is 1. The maximum atomic E-state index is 11.6. The van der Waals surface area contributed by atoms with Gasteiger partial charge in [-0.3, -0.25) is 4.79 Å². The van der Waals surface area contributed by atoms with Crippen molar-refractivity contribution in [2.75, 3.05) is 0 Å². The number of aromatic nitrogens is 1. The molecule has 0 unspecified atom stereocenters. The minimum absolute atomic E-state index is 0. The first-order chi connectivity index (χ1) is 8.38. The molecule has 0 fully saturated rings. The Balaban J connectivity index is 0.00000324. The van der Waals surface area contributed by atoms with Crippen molar-refractivity contribution in [3.63, 3.8) is 0 Å². The first kappa shape index (κ1) is 18.4. The van der Waals surface area contributed by atoms with Gasteiger partial charge in [-0.1, -0.05) is 37.0 Å². The molecule has 108 valence electrons. The number of ether oxygens (including phenoxy) is 1. The van der Waals surface area contributed by atoms with Crippen LogP contribution in [0.25, 0.3) is 0 Å². The van der Waals surface area contributed by atoms with Gasteiger partial charge in [-0.25, -0.2) is 4.98 Å². The van der Waals surface area contributed by atoms with Crippen LogP contribution in [0.4, 0.5) is 0 Å². The van der Waals surface area contributed by atoms with Crippen LogP contribution in [0.3, 0.4) is 0 Å². The SMILES string of the molecule is CC(C)C[C@H](N)C(=O)OCc1cc(Cl)nc(Cl)c1.Cl. The van der Waals surface area contributed by atoms with Crippen molar-refractivity contribution in [1.82, 2.24) is 4.98 Å².